The first-order chi connectivity index (χ1) is 28.8. The summed E-state index contributed by atoms with van der Waals surface area (Å²) in [7, 11) is 0. The van der Waals surface area contributed by atoms with Gasteiger partial charge in [-0.2, -0.15) is 10.2 Å². The van der Waals surface area contributed by atoms with Crippen molar-refractivity contribution in [3.05, 3.63) is 34.9 Å². The molecule has 0 spiro atoms. The minimum absolute atomic E-state index is 0.182. The van der Waals surface area contributed by atoms with E-state index in [-0.39, 0.29) is 16.7 Å². The number of hydrogen-bond donors (Lipinski definition) is 3. The fraction of sp³-hybridized carbons (Fsp3) is 0.846. The second kappa shape index (κ2) is 17.5. The number of ketones is 2. The van der Waals surface area contributed by atoms with Gasteiger partial charge in [-0.25, -0.2) is 0 Å². The van der Waals surface area contributed by atoms with Gasteiger partial charge in [-0.3, -0.25) is 19.4 Å². The Morgan fingerprint density at radius 3 is 1.54 bits per heavy atom. The predicted molar refractivity (Wildman–Crippen MR) is 246 cm³/mol. The fourth-order valence-corrected chi connectivity index (χ4v) is 17.4. The Bertz CT molecular complexity index is 1870. The third-order valence-corrected chi connectivity index (χ3v) is 20.2. The summed E-state index contributed by atoms with van der Waals surface area (Å²) in [6, 6.07) is 4.07. The number of nitrogens with zero attached hydrogens (tertiary/aromatic N) is 3. The molecular weight excluding hydrogens is 824 g/mol. The maximum atomic E-state index is 13.4. The lowest BCUT2D eigenvalue weighted by Gasteiger charge is -2.56. The van der Waals surface area contributed by atoms with E-state index in [0.29, 0.717) is 35.3 Å². The van der Waals surface area contributed by atoms with Crippen molar-refractivity contribution in [1.29, 1.82) is 0 Å². The summed E-state index contributed by atoms with van der Waals surface area (Å²) < 4.78 is 1.92. The van der Waals surface area contributed by atoms with Gasteiger partial charge in [-0.05, 0) is 239 Å². The van der Waals surface area contributed by atoms with Crippen LogP contribution in [0.3, 0.4) is 0 Å². The van der Waals surface area contributed by atoms with Gasteiger partial charge in [0.05, 0.1) is 27.9 Å². The van der Waals surface area contributed by atoms with Crippen LogP contribution in [-0.2, 0) is 16.1 Å². The number of aliphatic hydroxyl groups is 2. The molecule has 0 unspecified atom stereocenters. The number of nitrogens with one attached hydrogen (secondary N) is 1. The molecule has 0 bridgehead atoms. The van der Waals surface area contributed by atoms with E-state index in [4.69, 9.17) is 0 Å². The number of hydrogen-bond acceptors (Lipinski definition) is 6. The number of rotatable bonds is 5. The van der Waals surface area contributed by atoms with Crippen molar-refractivity contribution in [2.24, 2.45) is 81.8 Å². The van der Waals surface area contributed by atoms with Crippen LogP contribution in [0.1, 0.15) is 166 Å². The van der Waals surface area contributed by atoms with E-state index < -0.39 is 11.2 Å². The molecule has 0 aromatic carbocycles. The maximum Gasteiger partial charge on any atom is 0.157 e. The Morgan fingerprint density at radius 1 is 0.639 bits per heavy atom. The molecule has 8 nitrogen and oxygen atoms in total. The third-order valence-electron chi connectivity index (χ3n) is 19.6. The highest BCUT2D eigenvalue weighted by atomic mass is 79.9. The lowest BCUT2D eigenvalue weighted by atomic mass is 9.49. The molecule has 8 aliphatic rings. The van der Waals surface area contributed by atoms with Gasteiger partial charge in [0.25, 0.3) is 0 Å². The number of carbonyl (C=O) groups is 2. The van der Waals surface area contributed by atoms with Gasteiger partial charge < -0.3 is 10.2 Å². The van der Waals surface area contributed by atoms with Gasteiger partial charge in [0.2, 0.25) is 0 Å². The average molecular weight is 906 g/mol. The van der Waals surface area contributed by atoms with Crippen LogP contribution in [-0.4, -0.2) is 58.3 Å². The van der Waals surface area contributed by atoms with E-state index in [0.717, 1.165) is 115 Å². The van der Waals surface area contributed by atoms with Crippen molar-refractivity contribution in [3.63, 3.8) is 0 Å². The molecule has 8 aliphatic carbocycles. The molecular formula is C52H81BrN4O4. The van der Waals surface area contributed by atoms with Crippen LogP contribution in [0.4, 0.5) is 0 Å². The Labute approximate surface area is 376 Å². The van der Waals surface area contributed by atoms with Crippen LogP contribution in [0, 0.1) is 110 Å². The van der Waals surface area contributed by atoms with Gasteiger partial charge in [0.15, 0.2) is 5.78 Å². The Hall–Kier alpha value is -1.84. The summed E-state index contributed by atoms with van der Waals surface area (Å²) in [5.41, 5.74) is 3.86. The second-order valence-corrected chi connectivity index (χ2v) is 24.1. The van der Waals surface area contributed by atoms with Crippen LogP contribution >= 0.6 is 15.9 Å². The molecule has 0 saturated heterocycles. The van der Waals surface area contributed by atoms with Gasteiger partial charge in [-0.1, -0.05) is 29.8 Å². The second-order valence-electron chi connectivity index (χ2n) is 23.5. The summed E-state index contributed by atoms with van der Waals surface area (Å²) in [5.74, 6) is 9.35. The van der Waals surface area contributed by atoms with Gasteiger partial charge in [0.1, 0.15) is 12.3 Å². The summed E-state index contributed by atoms with van der Waals surface area (Å²) in [6.07, 6.45) is 21.5. The lowest BCUT2D eigenvalue weighted by molar-refractivity contribution is -0.133. The molecule has 10 rings (SSSR count). The molecule has 2 heterocycles. The third kappa shape index (κ3) is 8.95. The normalized spacial score (nSPS) is 44.6. The molecule has 0 amide bonds. The number of alkyl halides is 1. The summed E-state index contributed by atoms with van der Waals surface area (Å²) >= 11 is 3.42. The molecule has 0 radical (unpaired) electrons. The number of fused-ring (bicyclic) bond motifs is 10. The highest BCUT2D eigenvalue weighted by Gasteiger charge is 2.60. The smallest absolute Gasteiger partial charge is 0.157 e. The van der Waals surface area contributed by atoms with Crippen molar-refractivity contribution >= 4 is 27.5 Å². The van der Waals surface area contributed by atoms with E-state index in [1.807, 2.05) is 45.4 Å². The standard InChI is InChI=1S/C26H40N2O2.C21H33BrO2.C5H8N2/c1-16-13-17(2)28(27-16)15-24(29)23-8-7-22-21-6-5-18-14-25(3,30)11-9-19(18)20(21)10-12-26(22,23)4;1-20(24)9-7-14-13(11-20)3-4-16-15(14)8-10-21(2)17(16)5-6-18(21)19(23)12-22;1-4-3-5(2)7-6-4/h13,18-23,30H,5-12,14-15H2,1-4H3;13-18,24H,3-12H2,1-2H3;3H,1-2H3,(H,6,7)/t18-,19+,20-,21-,22+,23-,25-,26+;13-,14+,15-,16-,17+,18-,20-,21+;/m11./s1. The highest BCUT2D eigenvalue weighted by molar-refractivity contribution is 9.09. The van der Waals surface area contributed by atoms with Gasteiger partial charge in [-0.15, -0.1) is 0 Å². The molecule has 9 heteroatoms. The quantitative estimate of drug-likeness (QED) is 0.257. The summed E-state index contributed by atoms with van der Waals surface area (Å²) in [5, 5.41) is 32.9. The molecule has 0 aliphatic heterocycles. The van der Waals surface area contributed by atoms with Crippen molar-refractivity contribution in [3.8, 4) is 0 Å². The Morgan fingerprint density at radius 2 is 1.13 bits per heavy atom. The predicted octanol–water partition coefficient (Wildman–Crippen LogP) is 11.1. The molecule has 340 valence electrons. The molecule has 3 N–H and O–H groups in total. The van der Waals surface area contributed by atoms with E-state index >= 15 is 0 Å². The first kappa shape index (κ1) is 45.7. The van der Waals surface area contributed by atoms with Crippen LogP contribution in [0.15, 0.2) is 12.1 Å². The van der Waals surface area contributed by atoms with E-state index in [9.17, 15) is 19.8 Å². The Kier molecular flexibility index (Phi) is 13.1. The first-order valence-corrected chi connectivity index (χ1v) is 26.0. The largest absolute Gasteiger partial charge is 0.390 e. The molecule has 2 aromatic rings. The van der Waals surface area contributed by atoms with Crippen LogP contribution in [0.2, 0.25) is 0 Å². The number of carbonyl (C=O) groups excluding carboxylic acids is 2. The molecule has 16 atom stereocenters. The molecule has 2 aromatic heterocycles. The van der Waals surface area contributed by atoms with Crippen molar-refractivity contribution in [2.45, 2.75) is 189 Å². The van der Waals surface area contributed by atoms with Crippen molar-refractivity contribution in [2.75, 3.05) is 5.33 Å². The molecule has 61 heavy (non-hydrogen) atoms. The maximum absolute atomic E-state index is 13.4. The average Bonchev–Trinajstić information content (AvgIpc) is 3.96. The zero-order valence-electron chi connectivity index (χ0n) is 39.2. The molecule has 8 saturated carbocycles. The van der Waals surface area contributed by atoms with Crippen molar-refractivity contribution in [1.82, 2.24) is 20.0 Å². The molecule has 8 fully saturated rings. The van der Waals surface area contributed by atoms with Crippen LogP contribution < -0.4 is 0 Å². The number of aryl methyl sites for hydroxylation is 4. The van der Waals surface area contributed by atoms with E-state index in [2.05, 4.69) is 58.1 Å². The lowest BCUT2D eigenvalue weighted by Crippen LogP contribution is -2.51. The first-order valence-electron chi connectivity index (χ1n) is 24.9. The van der Waals surface area contributed by atoms with Gasteiger partial charge in [0, 0.05) is 23.2 Å². The van der Waals surface area contributed by atoms with Crippen LogP contribution in [0.5, 0.6) is 0 Å². The van der Waals surface area contributed by atoms with Gasteiger partial charge >= 0.3 is 0 Å². The minimum Gasteiger partial charge on any atom is -0.390 e. The number of H-pyrrole nitrogens is 1. The monoisotopic (exact) mass is 905 g/mol. The van der Waals surface area contributed by atoms with Crippen LogP contribution in [0.25, 0.3) is 0 Å². The Balaban J connectivity index is 0.000000148. The van der Waals surface area contributed by atoms with E-state index in [1.165, 1.54) is 77.0 Å². The number of Topliss-reactive ketones (excluding diaryl/α,β-unsaturated/α-hetero) is 2. The number of aromatic amines is 1. The minimum atomic E-state index is -0.439. The number of halogens is 1. The summed E-state index contributed by atoms with van der Waals surface area (Å²) in [6.45, 7) is 17.4. The highest BCUT2D eigenvalue weighted by Crippen LogP contribution is 2.66. The zero-order chi connectivity index (χ0) is 43.6. The fourth-order valence-electron chi connectivity index (χ4n) is 17.0. The topological polar surface area (TPSA) is 121 Å². The summed E-state index contributed by atoms with van der Waals surface area (Å²) in [4.78, 5) is 25.9. The van der Waals surface area contributed by atoms with Crippen molar-refractivity contribution < 1.29 is 19.8 Å². The van der Waals surface area contributed by atoms with E-state index in [1.54, 1.807) is 0 Å². The zero-order valence-corrected chi connectivity index (χ0v) is 40.7. The SMILES string of the molecule is C[C@@]1(O)CC[C@H]2[C@H](CC[C@@H]3[C@@H]2CC[C@]2(C)[C@@H](C(=O)CBr)CC[C@@H]32)C1.Cc1cc(C)[nH]n1.Cc1cc(C)n(CC(=O)[C@H]2CC[C@H]3[C@@H]4CC[C@@H]5C[C@](C)(O)CC[C@@H]5[C@H]4CC[C@]23C)n1. The number of aromatic nitrogens is 4.